The third-order valence-corrected chi connectivity index (χ3v) is 4.22. The Kier molecular flexibility index (Phi) is 5.63. The molecule has 2 aromatic carbocycles. The molecule has 2 aromatic rings. The summed E-state index contributed by atoms with van der Waals surface area (Å²) in [6, 6.07) is 12.8. The normalized spacial score (nSPS) is 11.1. The largest absolute Gasteiger partial charge is 0.480 e. The van der Waals surface area contributed by atoms with Crippen LogP contribution in [0.2, 0.25) is 5.02 Å². The van der Waals surface area contributed by atoms with Crippen LogP contribution in [0.5, 0.6) is 5.75 Å². The standard InChI is InChI=1S/C16H13ClN2O3S/c1-2-11-22-16-6-4-3-5-13(16)12-18-19-23(20,21)15-9-7-14(17)8-10-15/h1,3-10,12,19H,11H2/b18-12+. The van der Waals surface area contributed by atoms with E-state index in [0.717, 1.165) is 0 Å². The van der Waals surface area contributed by atoms with Gasteiger partial charge < -0.3 is 4.74 Å². The SMILES string of the molecule is C#CCOc1ccccc1/C=N/NS(=O)(=O)c1ccc(Cl)cc1. The van der Waals surface area contributed by atoms with Crippen molar-refractivity contribution in [1.29, 1.82) is 0 Å². The molecular weight excluding hydrogens is 336 g/mol. The van der Waals surface area contributed by atoms with Crippen LogP contribution in [0.1, 0.15) is 5.56 Å². The Morgan fingerprint density at radius 1 is 1.22 bits per heavy atom. The maximum absolute atomic E-state index is 12.1. The average Bonchev–Trinajstić information content (AvgIpc) is 2.54. The fraction of sp³-hybridized carbons (Fsp3) is 0.0625. The number of nitrogens with zero attached hydrogens (tertiary/aromatic N) is 1. The van der Waals surface area contributed by atoms with E-state index in [1.54, 1.807) is 24.3 Å². The molecule has 23 heavy (non-hydrogen) atoms. The van der Waals surface area contributed by atoms with Crippen molar-refractivity contribution in [2.45, 2.75) is 4.90 Å². The first kappa shape index (κ1) is 16.9. The fourth-order valence-electron chi connectivity index (χ4n) is 1.67. The second kappa shape index (κ2) is 7.68. The van der Waals surface area contributed by atoms with Crippen molar-refractivity contribution in [3.05, 3.63) is 59.1 Å². The van der Waals surface area contributed by atoms with E-state index in [9.17, 15) is 8.42 Å². The Morgan fingerprint density at radius 2 is 1.91 bits per heavy atom. The van der Waals surface area contributed by atoms with Crippen LogP contribution in [-0.4, -0.2) is 21.2 Å². The van der Waals surface area contributed by atoms with Gasteiger partial charge in [-0.2, -0.15) is 13.5 Å². The summed E-state index contributed by atoms with van der Waals surface area (Å²) in [5.74, 6) is 2.87. The summed E-state index contributed by atoms with van der Waals surface area (Å²) in [6.07, 6.45) is 6.50. The molecular formula is C16H13ClN2O3S. The maximum Gasteiger partial charge on any atom is 0.276 e. The zero-order valence-corrected chi connectivity index (χ0v) is 13.5. The highest BCUT2D eigenvalue weighted by Gasteiger charge is 2.12. The lowest BCUT2D eigenvalue weighted by molar-refractivity contribution is 0.370. The molecule has 0 unspecified atom stereocenters. The van der Waals surface area contributed by atoms with Gasteiger partial charge in [0, 0.05) is 10.6 Å². The summed E-state index contributed by atoms with van der Waals surface area (Å²) in [5.41, 5.74) is 0.599. The van der Waals surface area contributed by atoms with Crippen LogP contribution < -0.4 is 9.57 Å². The molecule has 118 valence electrons. The molecule has 0 aliphatic heterocycles. The fourth-order valence-corrected chi connectivity index (χ4v) is 2.59. The van der Waals surface area contributed by atoms with Crippen molar-refractivity contribution in [2.75, 3.05) is 6.61 Å². The van der Waals surface area contributed by atoms with E-state index in [0.29, 0.717) is 16.3 Å². The number of para-hydroxylation sites is 1. The molecule has 5 nitrogen and oxygen atoms in total. The molecule has 0 heterocycles. The molecule has 0 bridgehead atoms. The van der Waals surface area contributed by atoms with Crippen molar-refractivity contribution in [3.63, 3.8) is 0 Å². The number of terminal acetylenes is 1. The number of rotatable bonds is 6. The maximum atomic E-state index is 12.1. The van der Waals surface area contributed by atoms with Gasteiger partial charge in [0.25, 0.3) is 10.0 Å². The molecule has 0 spiro atoms. The third-order valence-electron chi connectivity index (χ3n) is 2.73. The average molecular weight is 349 g/mol. The molecule has 2 rings (SSSR count). The molecule has 0 fully saturated rings. The van der Waals surface area contributed by atoms with E-state index in [-0.39, 0.29) is 11.5 Å². The van der Waals surface area contributed by atoms with Gasteiger partial charge in [-0.3, -0.25) is 0 Å². The minimum atomic E-state index is -3.76. The Balaban J connectivity index is 2.12. The molecule has 0 atom stereocenters. The predicted octanol–water partition coefficient (Wildman–Crippen LogP) is 2.66. The summed E-state index contributed by atoms with van der Waals surface area (Å²) >= 11 is 5.73. The van der Waals surface area contributed by atoms with Crippen LogP contribution >= 0.6 is 11.6 Å². The van der Waals surface area contributed by atoms with Crippen LogP contribution in [0.25, 0.3) is 0 Å². The molecule has 0 aliphatic carbocycles. The zero-order valence-electron chi connectivity index (χ0n) is 11.9. The molecule has 0 aromatic heterocycles. The van der Waals surface area contributed by atoms with Crippen LogP contribution in [0.3, 0.4) is 0 Å². The van der Waals surface area contributed by atoms with Crippen molar-refractivity contribution >= 4 is 27.8 Å². The number of hydrogen-bond donors (Lipinski definition) is 1. The summed E-state index contributed by atoms with van der Waals surface area (Å²) < 4.78 is 29.5. The van der Waals surface area contributed by atoms with Gasteiger partial charge in [0.2, 0.25) is 0 Å². The third kappa shape index (κ3) is 4.74. The monoisotopic (exact) mass is 348 g/mol. The Morgan fingerprint density at radius 3 is 2.61 bits per heavy atom. The number of halogens is 1. The van der Waals surface area contributed by atoms with Crippen LogP contribution in [0.4, 0.5) is 0 Å². The first-order chi connectivity index (χ1) is 11.0. The lowest BCUT2D eigenvalue weighted by Gasteiger charge is -2.06. The first-order valence-corrected chi connectivity index (χ1v) is 8.35. The van der Waals surface area contributed by atoms with Gasteiger partial charge in [-0.05, 0) is 36.4 Å². The number of hydrazone groups is 1. The van der Waals surface area contributed by atoms with Crippen LogP contribution in [0.15, 0.2) is 58.5 Å². The first-order valence-electron chi connectivity index (χ1n) is 6.48. The van der Waals surface area contributed by atoms with Crippen molar-refractivity contribution in [2.24, 2.45) is 5.10 Å². The summed E-state index contributed by atoms with van der Waals surface area (Å²) in [5, 5.41) is 4.20. The molecule has 0 saturated heterocycles. The van der Waals surface area contributed by atoms with E-state index >= 15 is 0 Å². The predicted molar refractivity (Wildman–Crippen MR) is 90.1 cm³/mol. The summed E-state index contributed by atoms with van der Waals surface area (Å²) in [4.78, 5) is 2.19. The topological polar surface area (TPSA) is 67.8 Å². The quantitative estimate of drug-likeness (QED) is 0.496. The number of nitrogens with one attached hydrogen (secondary N) is 1. The summed E-state index contributed by atoms with van der Waals surface area (Å²) in [6.45, 7) is 0.112. The molecule has 0 aliphatic rings. The van der Waals surface area contributed by atoms with Gasteiger partial charge in [-0.1, -0.05) is 29.7 Å². The second-order valence-corrected chi connectivity index (χ2v) is 6.43. The number of benzene rings is 2. The van der Waals surface area contributed by atoms with Crippen molar-refractivity contribution < 1.29 is 13.2 Å². The van der Waals surface area contributed by atoms with E-state index in [4.69, 9.17) is 22.8 Å². The minimum absolute atomic E-state index is 0.0657. The van der Waals surface area contributed by atoms with Gasteiger partial charge in [-0.25, -0.2) is 4.83 Å². The van der Waals surface area contributed by atoms with E-state index in [1.807, 2.05) is 0 Å². The molecule has 7 heteroatoms. The zero-order chi connectivity index (χ0) is 16.7. The molecule has 0 radical (unpaired) electrons. The van der Waals surface area contributed by atoms with Gasteiger partial charge in [0.1, 0.15) is 12.4 Å². The lowest BCUT2D eigenvalue weighted by Crippen LogP contribution is -2.18. The smallest absolute Gasteiger partial charge is 0.276 e. The van der Waals surface area contributed by atoms with Crippen LogP contribution in [-0.2, 0) is 10.0 Å². The van der Waals surface area contributed by atoms with Gasteiger partial charge in [0.15, 0.2) is 0 Å². The number of ether oxygens (including phenoxy) is 1. The highest BCUT2D eigenvalue weighted by molar-refractivity contribution is 7.89. The molecule has 0 saturated carbocycles. The van der Waals surface area contributed by atoms with E-state index in [1.165, 1.54) is 30.5 Å². The van der Waals surface area contributed by atoms with E-state index in [2.05, 4.69) is 15.9 Å². The molecule has 1 N–H and O–H groups in total. The van der Waals surface area contributed by atoms with Gasteiger partial charge in [0.05, 0.1) is 11.1 Å². The van der Waals surface area contributed by atoms with Crippen LogP contribution in [0, 0.1) is 12.3 Å². The minimum Gasteiger partial charge on any atom is -0.480 e. The number of hydrogen-bond acceptors (Lipinski definition) is 4. The second-order valence-electron chi connectivity index (χ2n) is 4.34. The van der Waals surface area contributed by atoms with Gasteiger partial charge >= 0.3 is 0 Å². The van der Waals surface area contributed by atoms with Crippen molar-refractivity contribution in [1.82, 2.24) is 4.83 Å². The Hall–Kier alpha value is -2.49. The Bertz CT molecular complexity index is 840. The Labute approximate surface area is 140 Å². The van der Waals surface area contributed by atoms with Gasteiger partial charge in [-0.15, -0.1) is 6.42 Å². The van der Waals surface area contributed by atoms with Crippen molar-refractivity contribution in [3.8, 4) is 18.1 Å². The molecule has 0 amide bonds. The highest BCUT2D eigenvalue weighted by atomic mass is 35.5. The lowest BCUT2D eigenvalue weighted by atomic mass is 10.2. The highest BCUT2D eigenvalue weighted by Crippen LogP contribution is 2.16. The number of sulfonamides is 1. The van der Waals surface area contributed by atoms with E-state index < -0.39 is 10.0 Å². The summed E-state index contributed by atoms with van der Waals surface area (Å²) in [7, 11) is -3.76.